The third-order valence-electron chi connectivity index (χ3n) is 2.61. The monoisotopic (exact) mass is 201 g/mol. The molecule has 1 saturated carbocycles. The minimum Gasteiger partial charge on any atom is -0.467 e. The van der Waals surface area contributed by atoms with Crippen LogP contribution < -0.4 is 5.32 Å². The summed E-state index contributed by atoms with van der Waals surface area (Å²) in [5.41, 5.74) is 0. The van der Waals surface area contributed by atoms with Crippen molar-refractivity contribution in [2.45, 2.75) is 31.7 Å². The number of methoxy groups -OCH3 is 1. The van der Waals surface area contributed by atoms with Crippen molar-refractivity contribution in [3.05, 3.63) is 0 Å². The van der Waals surface area contributed by atoms with Gasteiger partial charge in [0.05, 0.1) is 7.11 Å². The fraction of sp³-hybridized carbons (Fsp3) is 0.778. The average molecular weight is 201 g/mol. The summed E-state index contributed by atoms with van der Waals surface area (Å²) >= 11 is 0. The highest BCUT2D eigenvalue weighted by Gasteiger charge is 2.32. The number of esters is 1. The van der Waals surface area contributed by atoms with E-state index in [4.69, 9.17) is 5.11 Å². The van der Waals surface area contributed by atoms with Gasteiger partial charge in [-0.25, -0.2) is 9.59 Å². The van der Waals surface area contributed by atoms with Crippen LogP contribution in [0.25, 0.3) is 0 Å². The summed E-state index contributed by atoms with van der Waals surface area (Å²) in [6.45, 7) is 0. The zero-order chi connectivity index (χ0) is 10.6. The number of nitrogens with one attached hydrogen (secondary N) is 1. The van der Waals surface area contributed by atoms with Crippen LogP contribution in [0.5, 0.6) is 0 Å². The second kappa shape index (κ2) is 4.83. The Balaban J connectivity index is 2.59. The molecule has 80 valence electrons. The van der Waals surface area contributed by atoms with E-state index in [9.17, 15) is 9.59 Å². The zero-order valence-electron chi connectivity index (χ0n) is 8.16. The normalized spacial score (nSPS) is 18.9. The van der Waals surface area contributed by atoms with E-state index in [1.807, 2.05) is 0 Å². The summed E-state index contributed by atoms with van der Waals surface area (Å²) in [6, 6.07) is -0.694. The maximum atomic E-state index is 11.3. The highest BCUT2D eigenvalue weighted by Crippen LogP contribution is 2.28. The number of carboxylic acid groups (broad SMARTS) is 1. The van der Waals surface area contributed by atoms with E-state index in [1.165, 1.54) is 7.11 Å². The van der Waals surface area contributed by atoms with Gasteiger partial charge in [0.15, 0.2) is 0 Å². The zero-order valence-corrected chi connectivity index (χ0v) is 8.16. The third kappa shape index (κ3) is 2.61. The quantitative estimate of drug-likeness (QED) is 0.667. The van der Waals surface area contributed by atoms with Crippen LogP contribution in [0.1, 0.15) is 25.7 Å². The first-order valence-electron chi connectivity index (χ1n) is 4.72. The van der Waals surface area contributed by atoms with E-state index < -0.39 is 18.1 Å². The topological polar surface area (TPSA) is 75.6 Å². The Labute approximate surface area is 82.4 Å². The van der Waals surface area contributed by atoms with Gasteiger partial charge in [-0.15, -0.1) is 0 Å². The van der Waals surface area contributed by atoms with Gasteiger partial charge in [0.2, 0.25) is 0 Å². The van der Waals surface area contributed by atoms with Crippen LogP contribution in [-0.2, 0) is 9.53 Å². The lowest BCUT2D eigenvalue weighted by atomic mass is 9.98. The molecule has 0 unspecified atom stereocenters. The van der Waals surface area contributed by atoms with Gasteiger partial charge in [-0.3, -0.25) is 0 Å². The summed E-state index contributed by atoms with van der Waals surface area (Å²) in [5.74, 6) is -0.391. The van der Waals surface area contributed by atoms with E-state index in [0.717, 1.165) is 25.7 Å². The van der Waals surface area contributed by atoms with Crippen LogP contribution in [0.2, 0.25) is 0 Å². The molecular weight excluding hydrogens is 186 g/mol. The highest BCUT2D eigenvalue weighted by atomic mass is 16.5. The molecule has 0 aromatic carbocycles. The van der Waals surface area contributed by atoms with Crippen molar-refractivity contribution in [1.29, 1.82) is 0 Å². The maximum Gasteiger partial charge on any atom is 0.405 e. The standard InChI is InChI=1S/C9H15NO4/c1-14-8(11)7(10-9(12)13)6-4-2-3-5-6/h6-7,10H,2-5H2,1H3,(H,12,13)/t7-/m0/s1. The second-order valence-electron chi connectivity index (χ2n) is 3.49. The number of rotatable bonds is 3. The molecule has 0 radical (unpaired) electrons. The summed E-state index contributed by atoms with van der Waals surface area (Å²) in [5, 5.41) is 10.8. The first-order valence-corrected chi connectivity index (χ1v) is 4.72. The predicted octanol–water partition coefficient (Wildman–Crippen LogP) is 0.986. The Morgan fingerprint density at radius 2 is 2.00 bits per heavy atom. The maximum absolute atomic E-state index is 11.3. The molecule has 2 N–H and O–H groups in total. The molecule has 5 nitrogen and oxygen atoms in total. The van der Waals surface area contributed by atoms with Gasteiger partial charge in [-0.05, 0) is 18.8 Å². The molecular formula is C9H15NO4. The average Bonchev–Trinajstić information content (AvgIpc) is 2.65. The Hall–Kier alpha value is -1.26. The minimum absolute atomic E-state index is 0.0959. The lowest BCUT2D eigenvalue weighted by Gasteiger charge is -2.20. The lowest BCUT2D eigenvalue weighted by molar-refractivity contribution is -0.144. The fourth-order valence-corrected chi connectivity index (χ4v) is 1.92. The Kier molecular flexibility index (Phi) is 3.73. The molecule has 0 bridgehead atoms. The summed E-state index contributed by atoms with van der Waals surface area (Å²) in [7, 11) is 1.27. The Morgan fingerprint density at radius 1 is 1.43 bits per heavy atom. The molecule has 0 saturated heterocycles. The molecule has 0 spiro atoms. The van der Waals surface area contributed by atoms with E-state index >= 15 is 0 Å². The van der Waals surface area contributed by atoms with E-state index in [-0.39, 0.29) is 5.92 Å². The van der Waals surface area contributed by atoms with Crippen molar-refractivity contribution in [3.8, 4) is 0 Å². The van der Waals surface area contributed by atoms with Crippen molar-refractivity contribution in [3.63, 3.8) is 0 Å². The largest absolute Gasteiger partial charge is 0.467 e. The molecule has 5 heteroatoms. The first kappa shape index (κ1) is 10.8. The van der Waals surface area contributed by atoms with Crippen molar-refractivity contribution in [2.75, 3.05) is 7.11 Å². The number of carbonyl (C=O) groups excluding carboxylic acids is 1. The fourth-order valence-electron chi connectivity index (χ4n) is 1.92. The van der Waals surface area contributed by atoms with Crippen LogP contribution >= 0.6 is 0 Å². The predicted molar refractivity (Wildman–Crippen MR) is 48.9 cm³/mol. The minimum atomic E-state index is -1.17. The molecule has 0 aromatic heterocycles. The highest BCUT2D eigenvalue weighted by molar-refractivity contribution is 5.80. The van der Waals surface area contributed by atoms with Crippen LogP contribution in [0.4, 0.5) is 4.79 Å². The number of amides is 1. The summed E-state index contributed by atoms with van der Waals surface area (Å²) < 4.78 is 4.56. The molecule has 1 rings (SSSR count). The lowest BCUT2D eigenvalue weighted by Crippen LogP contribution is -2.45. The molecule has 0 aromatic rings. The first-order chi connectivity index (χ1) is 6.65. The van der Waals surface area contributed by atoms with Gasteiger partial charge in [-0.2, -0.15) is 0 Å². The molecule has 1 aliphatic carbocycles. The molecule has 1 fully saturated rings. The number of hydrogen-bond acceptors (Lipinski definition) is 3. The number of carbonyl (C=O) groups is 2. The van der Waals surface area contributed by atoms with Gasteiger partial charge in [0.25, 0.3) is 0 Å². The van der Waals surface area contributed by atoms with E-state index in [1.54, 1.807) is 0 Å². The second-order valence-corrected chi connectivity index (χ2v) is 3.49. The van der Waals surface area contributed by atoms with Crippen molar-refractivity contribution >= 4 is 12.1 Å². The SMILES string of the molecule is COC(=O)[C@@H](NC(=O)O)C1CCCC1. The van der Waals surface area contributed by atoms with Crippen LogP contribution in [0, 0.1) is 5.92 Å². The van der Waals surface area contributed by atoms with Gasteiger partial charge >= 0.3 is 12.1 Å². The number of ether oxygens (including phenoxy) is 1. The van der Waals surface area contributed by atoms with Crippen molar-refractivity contribution in [2.24, 2.45) is 5.92 Å². The summed E-state index contributed by atoms with van der Waals surface area (Å²) in [6.07, 6.45) is 2.71. The molecule has 14 heavy (non-hydrogen) atoms. The van der Waals surface area contributed by atoms with Crippen LogP contribution in [0.3, 0.4) is 0 Å². The molecule has 1 aliphatic rings. The van der Waals surface area contributed by atoms with E-state index in [0.29, 0.717) is 0 Å². The van der Waals surface area contributed by atoms with Crippen LogP contribution in [-0.4, -0.2) is 30.3 Å². The van der Waals surface area contributed by atoms with E-state index in [2.05, 4.69) is 10.1 Å². The third-order valence-corrected chi connectivity index (χ3v) is 2.61. The van der Waals surface area contributed by atoms with Gasteiger partial charge in [0, 0.05) is 0 Å². The van der Waals surface area contributed by atoms with Gasteiger partial charge in [-0.1, -0.05) is 12.8 Å². The molecule has 0 heterocycles. The van der Waals surface area contributed by atoms with Crippen molar-refractivity contribution < 1.29 is 19.4 Å². The van der Waals surface area contributed by atoms with Crippen molar-refractivity contribution in [1.82, 2.24) is 5.32 Å². The van der Waals surface area contributed by atoms with Gasteiger partial charge < -0.3 is 15.2 Å². The Bertz CT molecular complexity index is 223. The molecule has 1 atom stereocenters. The van der Waals surface area contributed by atoms with Gasteiger partial charge in [0.1, 0.15) is 6.04 Å². The molecule has 0 aliphatic heterocycles. The molecule has 1 amide bonds. The van der Waals surface area contributed by atoms with Crippen LogP contribution in [0.15, 0.2) is 0 Å². The number of hydrogen-bond donors (Lipinski definition) is 2. The summed E-state index contributed by atoms with van der Waals surface area (Å²) in [4.78, 5) is 21.8. The smallest absolute Gasteiger partial charge is 0.405 e. The Morgan fingerprint density at radius 3 is 2.43 bits per heavy atom.